The first-order valence-electron chi connectivity index (χ1n) is 10.4. The first-order valence-corrected chi connectivity index (χ1v) is 10.4. The molecule has 0 aromatic carbocycles. The van der Waals surface area contributed by atoms with Gasteiger partial charge in [-0.15, -0.1) is 0 Å². The molecule has 0 N–H and O–H groups in total. The Morgan fingerprint density at radius 2 is 1.74 bits per heavy atom. The zero-order valence-electron chi connectivity index (χ0n) is 18.5. The molecule has 0 radical (unpaired) electrons. The Labute approximate surface area is 182 Å². The average molecular weight is 423 g/mol. The van der Waals surface area contributed by atoms with Gasteiger partial charge in [-0.05, 0) is 52.3 Å². The molecule has 9 heteroatoms. The lowest BCUT2D eigenvalue weighted by Gasteiger charge is -2.32. The lowest BCUT2D eigenvalue weighted by atomic mass is 9.80. The Bertz CT molecular complexity index is 1020. The molecule has 0 amide bonds. The van der Waals surface area contributed by atoms with E-state index in [9.17, 15) is 4.39 Å². The Morgan fingerprint density at radius 1 is 1.00 bits per heavy atom. The van der Waals surface area contributed by atoms with Crippen molar-refractivity contribution in [2.24, 2.45) is 0 Å². The minimum Gasteiger partial charge on any atom is -0.399 e. The van der Waals surface area contributed by atoms with Gasteiger partial charge in [0.05, 0.1) is 23.6 Å². The van der Waals surface area contributed by atoms with Gasteiger partial charge in [-0.2, -0.15) is 5.10 Å². The van der Waals surface area contributed by atoms with Crippen LogP contribution in [0.2, 0.25) is 0 Å². The van der Waals surface area contributed by atoms with Crippen LogP contribution in [-0.2, 0) is 15.9 Å². The van der Waals surface area contributed by atoms with Crippen molar-refractivity contribution in [1.82, 2.24) is 19.7 Å². The summed E-state index contributed by atoms with van der Waals surface area (Å²) in [6.07, 6.45) is 6.04. The second kappa shape index (κ2) is 8.05. The van der Waals surface area contributed by atoms with E-state index in [-0.39, 0.29) is 11.2 Å². The van der Waals surface area contributed by atoms with Crippen LogP contribution in [-0.4, -0.2) is 44.6 Å². The summed E-state index contributed by atoms with van der Waals surface area (Å²) in [6, 6.07) is 7.77. The highest BCUT2D eigenvalue weighted by atomic mass is 19.1. The Morgan fingerprint density at radius 3 is 2.26 bits per heavy atom. The third-order valence-electron chi connectivity index (χ3n) is 5.97. The van der Waals surface area contributed by atoms with Gasteiger partial charge in [-0.25, -0.2) is 19.0 Å². The summed E-state index contributed by atoms with van der Waals surface area (Å²) in [5.41, 5.74) is 1.16. The molecule has 7 nitrogen and oxygen atoms in total. The lowest BCUT2D eigenvalue weighted by molar-refractivity contribution is 0.00578. The smallest absolute Gasteiger partial charge is 0.399 e. The molecular weight excluding hydrogens is 396 g/mol. The third-order valence-corrected chi connectivity index (χ3v) is 5.97. The summed E-state index contributed by atoms with van der Waals surface area (Å²) in [4.78, 5) is 11.2. The summed E-state index contributed by atoms with van der Waals surface area (Å²) in [5.74, 6) is 1.04. The topological polar surface area (TPSA) is 65.3 Å². The molecule has 31 heavy (non-hydrogen) atoms. The monoisotopic (exact) mass is 423 g/mol. The van der Waals surface area contributed by atoms with Crippen LogP contribution in [0.1, 0.15) is 40.2 Å². The number of halogens is 1. The molecule has 0 spiro atoms. The number of pyridine rings is 2. The van der Waals surface area contributed by atoms with Crippen LogP contribution < -0.4 is 10.4 Å². The highest BCUT2D eigenvalue weighted by molar-refractivity contribution is 6.62. The molecule has 0 unspecified atom stereocenters. The molecule has 0 atom stereocenters. The molecule has 4 heterocycles. The summed E-state index contributed by atoms with van der Waals surface area (Å²) in [6.45, 7) is 11.7. The molecule has 3 aromatic heterocycles. The maximum atomic E-state index is 13.2. The van der Waals surface area contributed by atoms with E-state index in [0.29, 0.717) is 12.4 Å². The van der Waals surface area contributed by atoms with Gasteiger partial charge in [0.15, 0.2) is 11.6 Å². The fourth-order valence-electron chi connectivity index (χ4n) is 3.35. The van der Waals surface area contributed by atoms with Crippen molar-refractivity contribution in [3.8, 4) is 5.82 Å². The SMILES string of the molecule is CCN(Cc1ccc(-n2cc(F)cn2)nc1)c1ccc(B2OC(C)(C)C(C)(C)O2)cn1. The van der Waals surface area contributed by atoms with E-state index < -0.39 is 12.9 Å². The summed E-state index contributed by atoms with van der Waals surface area (Å²) in [5, 5.41) is 3.94. The van der Waals surface area contributed by atoms with Gasteiger partial charge in [0.25, 0.3) is 0 Å². The maximum absolute atomic E-state index is 13.2. The zero-order chi connectivity index (χ0) is 22.2. The zero-order valence-corrected chi connectivity index (χ0v) is 18.5. The van der Waals surface area contributed by atoms with E-state index in [2.05, 4.69) is 26.9 Å². The standard InChI is InChI=1S/C22H27BFN5O2/c1-6-28(14-16-7-9-20(25-11-16)29-15-18(24)13-27-29)19-10-8-17(12-26-19)23-30-21(2,3)22(4,5)31-23/h7-13,15H,6,14H2,1-5H3. The molecule has 4 rings (SSSR count). The molecule has 1 saturated heterocycles. The van der Waals surface area contributed by atoms with Gasteiger partial charge in [-0.1, -0.05) is 12.1 Å². The van der Waals surface area contributed by atoms with Gasteiger partial charge in [0.1, 0.15) is 5.82 Å². The molecular formula is C22H27BFN5O2. The molecule has 1 fully saturated rings. The first-order chi connectivity index (χ1) is 14.7. The van der Waals surface area contributed by atoms with Crippen molar-refractivity contribution < 1.29 is 13.7 Å². The van der Waals surface area contributed by atoms with Crippen LogP contribution in [0.25, 0.3) is 5.82 Å². The van der Waals surface area contributed by atoms with Gasteiger partial charge < -0.3 is 14.2 Å². The predicted molar refractivity (Wildman–Crippen MR) is 118 cm³/mol. The predicted octanol–water partition coefficient (Wildman–Crippen LogP) is 3.13. The fourth-order valence-corrected chi connectivity index (χ4v) is 3.35. The average Bonchev–Trinajstić information content (AvgIpc) is 3.26. The fraction of sp³-hybridized carbons (Fsp3) is 0.409. The van der Waals surface area contributed by atoms with Crippen molar-refractivity contribution >= 4 is 18.4 Å². The number of rotatable bonds is 6. The Balaban J connectivity index is 1.45. The summed E-state index contributed by atoms with van der Waals surface area (Å²) in [7, 11) is -0.425. The summed E-state index contributed by atoms with van der Waals surface area (Å²) >= 11 is 0. The van der Waals surface area contributed by atoms with E-state index in [1.165, 1.54) is 10.9 Å². The van der Waals surface area contributed by atoms with Crippen LogP contribution in [0.4, 0.5) is 10.2 Å². The summed E-state index contributed by atoms with van der Waals surface area (Å²) < 4.78 is 26.8. The minimum absolute atomic E-state index is 0.382. The highest BCUT2D eigenvalue weighted by Crippen LogP contribution is 2.36. The van der Waals surface area contributed by atoms with Crippen molar-refractivity contribution in [1.29, 1.82) is 0 Å². The van der Waals surface area contributed by atoms with Crippen molar-refractivity contribution in [2.75, 3.05) is 11.4 Å². The van der Waals surface area contributed by atoms with Crippen LogP contribution in [0.15, 0.2) is 49.1 Å². The number of aromatic nitrogens is 4. The number of hydrogen-bond donors (Lipinski definition) is 0. The molecule has 1 aliphatic rings. The molecule has 3 aromatic rings. The number of anilines is 1. The molecule has 0 aliphatic carbocycles. The van der Waals surface area contributed by atoms with Crippen molar-refractivity contribution in [3.63, 3.8) is 0 Å². The third kappa shape index (κ3) is 4.33. The maximum Gasteiger partial charge on any atom is 0.496 e. The van der Waals surface area contributed by atoms with E-state index >= 15 is 0 Å². The van der Waals surface area contributed by atoms with Gasteiger partial charge in [0.2, 0.25) is 0 Å². The van der Waals surface area contributed by atoms with Crippen molar-refractivity contribution in [3.05, 3.63) is 60.4 Å². The quantitative estimate of drug-likeness (QED) is 0.568. The second-order valence-electron chi connectivity index (χ2n) is 8.68. The molecule has 1 aliphatic heterocycles. The first kappa shape index (κ1) is 21.5. The van der Waals surface area contributed by atoms with E-state index in [1.54, 1.807) is 6.20 Å². The van der Waals surface area contributed by atoms with Gasteiger partial charge >= 0.3 is 7.12 Å². The van der Waals surface area contributed by atoms with Crippen LogP contribution in [0.3, 0.4) is 0 Å². The van der Waals surface area contributed by atoms with E-state index in [0.717, 1.165) is 29.6 Å². The Kier molecular flexibility index (Phi) is 5.57. The van der Waals surface area contributed by atoms with Crippen LogP contribution >= 0.6 is 0 Å². The number of hydrogen-bond acceptors (Lipinski definition) is 6. The van der Waals surface area contributed by atoms with Gasteiger partial charge in [0, 0.05) is 30.9 Å². The van der Waals surface area contributed by atoms with Crippen LogP contribution in [0.5, 0.6) is 0 Å². The highest BCUT2D eigenvalue weighted by Gasteiger charge is 2.51. The minimum atomic E-state index is -0.425. The normalized spacial score (nSPS) is 17.2. The van der Waals surface area contributed by atoms with Crippen LogP contribution in [0, 0.1) is 5.82 Å². The molecule has 0 saturated carbocycles. The van der Waals surface area contributed by atoms with Crippen molar-refractivity contribution in [2.45, 2.75) is 52.4 Å². The van der Waals surface area contributed by atoms with Gasteiger partial charge in [-0.3, -0.25) is 0 Å². The number of nitrogens with zero attached hydrogens (tertiary/aromatic N) is 5. The molecule has 162 valence electrons. The largest absolute Gasteiger partial charge is 0.496 e. The van der Waals surface area contributed by atoms with E-state index in [1.807, 2.05) is 58.2 Å². The Hall–Kier alpha value is -2.78. The lowest BCUT2D eigenvalue weighted by Crippen LogP contribution is -2.41. The molecule has 0 bridgehead atoms. The second-order valence-corrected chi connectivity index (χ2v) is 8.68. The van der Waals surface area contributed by atoms with E-state index in [4.69, 9.17) is 9.31 Å².